The molecular formula is C18H25N3. The molecule has 0 aliphatic carbocycles. The lowest BCUT2D eigenvalue weighted by Gasteiger charge is -2.20. The van der Waals surface area contributed by atoms with Crippen molar-refractivity contribution in [2.75, 3.05) is 6.54 Å². The van der Waals surface area contributed by atoms with Crippen molar-refractivity contribution < 1.29 is 0 Å². The first-order chi connectivity index (χ1) is 10.2. The van der Waals surface area contributed by atoms with E-state index in [1.807, 2.05) is 12.4 Å². The predicted molar refractivity (Wildman–Crippen MR) is 87.2 cm³/mol. The van der Waals surface area contributed by atoms with Gasteiger partial charge in [0.25, 0.3) is 0 Å². The molecule has 1 aromatic heterocycles. The molecule has 1 N–H and O–H groups in total. The van der Waals surface area contributed by atoms with Crippen molar-refractivity contribution in [1.82, 2.24) is 15.3 Å². The Hall–Kier alpha value is -1.74. The summed E-state index contributed by atoms with van der Waals surface area (Å²) in [5, 5.41) is 3.60. The summed E-state index contributed by atoms with van der Waals surface area (Å²) in [6.07, 6.45) is 7.59. The number of hydrogen-bond donors (Lipinski definition) is 1. The third-order valence-corrected chi connectivity index (χ3v) is 3.44. The molecule has 0 amide bonds. The van der Waals surface area contributed by atoms with Gasteiger partial charge in [-0.05, 0) is 36.4 Å². The van der Waals surface area contributed by atoms with E-state index in [4.69, 9.17) is 0 Å². The lowest BCUT2D eigenvalue weighted by Crippen LogP contribution is -2.23. The van der Waals surface area contributed by atoms with Gasteiger partial charge in [0.15, 0.2) is 0 Å². The second kappa shape index (κ2) is 7.89. The van der Waals surface area contributed by atoms with Gasteiger partial charge in [0.2, 0.25) is 0 Å². The summed E-state index contributed by atoms with van der Waals surface area (Å²) < 4.78 is 0. The highest BCUT2D eigenvalue weighted by Crippen LogP contribution is 2.22. The molecule has 112 valence electrons. The van der Waals surface area contributed by atoms with E-state index >= 15 is 0 Å². The molecule has 2 rings (SSSR count). The molecule has 0 bridgehead atoms. The molecule has 0 aliphatic heterocycles. The van der Waals surface area contributed by atoms with Crippen LogP contribution in [-0.2, 0) is 6.42 Å². The van der Waals surface area contributed by atoms with Crippen molar-refractivity contribution in [2.45, 2.75) is 39.7 Å². The number of benzene rings is 1. The predicted octanol–water partition coefficient (Wildman–Crippen LogP) is 3.76. The molecule has 0 fully saturated rings. The van der Waals surface area contributed by atoms with Crippen molar-refractivity contribution in [3.05, 3.63) is 59.7 Å². The van der Waals surface area contributed by atoms with E-state index in [-0.39, 0.29) is 6.04 Å². The molecule has 0 aliphatic rings. The summed E-state index contributed by atoms with van der Waals surface area (Å²) in [5.74, 6) is 0.669. The number of nitrogens with one attached hydrogen (secondary N) is 1. The normalized spacial score (nSPS) is 12.6. The molecule has 0 spiro atoms. The highest BCUT2D eigenvalue weighted by molar-refractivity contribution is 5.32. The number of hydrogen-bond acceptors (Lipinski definition) is 3. The zero-order chi connectivity index (χ0) is 15.1. The molecule has 1 unspecified atom stereocenters. The first-order valence-electron chi connectivity index (χ1n) is 7.77. The van der Waals surface area contributed by atoms with Crippen LogP contribution in [0.4, 0.5) is 0 Å². The summed E-state index contributed by atoms with van der Waals surface area (Å²) in [4.78, 5) is 8.32. The van der Waals surface area contributed by atoms with Crippen LogP contribution in [0.15, 0.2) is 43.0 Å². The van der Waals surface area contributed by atoms with Crippen LogP contribution < -0.4 is 5.32 Å². The van der Waals surface area contributed by atoms with Gasteiger partial charge >= 0.3 is 0 Å². The molecule has 0 radical (unpaired) electrons. The molecular weight excluding hydrogens is 258 g/mol. The van der Waals surface area contributed by atoms with Crippen LogP contribution in [0, 0.1) is 5.92 Å². The fourth-order valence-electron chi connectivity index (χ4n) is 2.55. The number of rotatable bonds is 7. The zero-order valence-electron chi connectivity index (χ0n) is 13.2. The van der Waals surface area contributed by atoms with Crippen LogP contribution >= 0.6 is 0 Å². The molecule has 3 heteroatoms. The molecule has 2 aromatic rings. The smallest absolute Gasteiger partial charge is 0.115 e. The second-order valence-corrected chi connectivity index (χ2v) is 5.90. The van der Waals surface area contributed by atoms with Gasteiger partial charge in [-0.15, -0.1) is 0 Å². The van der Waals surface area contributed by atoms with Crippen LogP contribution in [0.1, 0.15) is 49.9 Å². The quantitative estimate of drug-likeness (QED) is 0.840. The summed E-state index contributed by atoms with van der Waals surface area (Å²) in [5.41, 5.74) is 3.80. The van der Waals surface area contributed by atoms with Gasteiger partial charge in [-0.2, -0.15) is 0 Å². The average Bonchev–Trinajstić information content (AvgIpc) is 2.48. The largest absolute Gasteiger partial charge is 0.306 e. The Labute approximate surface area is 127 Å². The second-order valence-electron chi connectivity index (χ2n) is 5.90. The Morgan fingerprint density at radius 3 is 2.52 bits per heavy atom. The van der Waals surface area contributed by atoms with Gasteiger partial charge in [-0.3, -0.25) is 0 Å². The van der Waals surface area contributed by atoms with Crippen molar-refractivity contribution in [3.63, 3.8) is 0 Å². The van der Waals surface area contributed by atoms with Gasteiger partial charge in [-0.1, -0.05) is 45.0 Å². The number of nitrogens with zero attached hydrogens (tertiary/aromatic N) is 2. The molecule has 1 atom stereocenters. The Kier molecular flexibility index (Phi) is 5.88. The van der Waals surface area contributed by atoms with E-state index in [0.29, 0.717) is 5.92 Å². The van der Waals surface area contributed by atoms with Crippen molar-refractivity contribution in [2.24, 2.45) is 5.92 Å². The summed E-state index contributed by atoms with van der Waals surface area (Å²) in [6, 6.07) is 9.02. The standard InChI is InChI=1S/C18H25N3/c1-4-8-21-18(17-11-19-13-20-12-17)16-7-5-6-15(10-16)9-14(2)3/h5-7,10-14,18,21H,4,8-9H2,1-3H3. The molecule has 1 heterocycles. The highest BCUT2D eigenvalue weighted by Gasteiger charge is 2.14. The summed E-state index contributed by atoms with van der Waals surface area (Å²) in [7, 11) is 0. The third-order valence-electron chi connectivity index (χ3n) is 3.44. The maximum Gasteiger partial charge on any atom is 0.115 e. The molecule has 3 nitrogen and oxygen atoms in total. The van der Waals surface area contributed by atoms with E-state index < -0.39 is 0 Å². The van der Waals surface area contributed by atoms with Crippen LogP contribution in [-0.4, -0.2) is 16.5 Å². The summed E-state index contributed by atoms with van der Waals surface area (Å²) in [6.45, 7) is 7.67. The third kappa shape index (κ3) is 4.64. The monoisotopic (exact) mass is 283 g/mol. The van der Waals surface area contributed by atoms with Crippen LogP contribution in [0.3, 0.4) is 0 Å². The molecule has 0 saturated heterocycles. The van der Waals surface area contributed by atoms with Gasteiger partial charge in [0.05, 0.1) is 6.04 Å². The maximum atomic E-state index is 4.16. The minimum absolute atomic E-state index is 0.165. The first-order valence-corrected chi connectivity index (χ1v) is 7.77. The first kappa shape index (κ1) is 15.6. The van der Waals surface area contributed by atoms with E-state index in [9.17, 15) is 0 Å². The van der Waals surface area contributed by atoms with E-state index in [1.165, 1.54) is 11.1 Å². The van der Waals surface area contributed by atoms with E-state index in [1.54, 1.807) is 6.33 Å². The van der Waals surface area contributed by atoms with E-state index in [0.717, 1.165) is 24.9 Å². The van der Waals surface area contributed by atoms with Crippen LogP contribution in [0.2, 0.25) is 0 Å². The Balaban J connectivity index is 2.28. The van der Waals surface area contributed by atoms with Gasteiger partial charge < -0.3 is 5.32 Å². The topological polar surface area (TPSA) is 37.8 Å². The van der Waals surface area contributed by atoms with Gasteiger partial charge in [0.1, 0.15) is 6.33 Å². The Morgan fingerprint density at radius 1 is 1.10 bits per heavy atom. The lowest BCUT2D eigenvalue weighted by atomic mass is 9.95. The fourth-order valence-corrected chi connectivity index (χ4v) is 2.55. The van der Waals surface area contributed by atoms with Gasteiger partial charge in [-0.25, -0.2) is 9.97 Å². The fraction of sp³-hybridized carbons (Fsp3) is 0.444. The average molecular weight is 283 g/mol. The highest BCUT2D eigenvalue weighted by atomic mass is 14.9. The minimum atomic E-state index is 0.165. The van der Waals surface area contributed by atoms with Crippen LogP contribution in [0.5, 0.6) is 0 Å². The Morgan fingerprint density at radius 2 is 1.86 bits per heavy atom. The van der Waals surface area contributed by atoms with Crippen molar-refractivity contribution >= 4 is 0 Å². The molecule has 0 saturated carbocycles. The minimum Gasteiger partial charge on any atom is -0.306 e. The van der Waals surface area contributed by atoms with Crippen molar-refractivity contribution in [1.29, 1.82) is 0 Å². The van der Waals surface area contributed by atoms with Gasteiger partial charge in [0, 0.05) is 18.0 Å². The van der Waals surface area contributed by atoms with Crippen molar-refractivity contribution in [3.8, 4) is 0 Å². The van der Waals surface area contributed by atoms with E-state index in [2.05, 4.69) is 60.3 Å². The maximum absolute atomic E-state index is 4.16. The number of aromatic nitrogens is 2. The lowest BCUT2D eigenvalue weighted by molar-refractivity contribution is 0.592. The molecule has 21 heavy (non-hydrogen) atoms. The van der Waals surface area contributed by atoms with Crippen LogP contribution in [0.25, 0.3) is 0 Å². The SMILES string of the molecule is CCCNC(c1cncnc1)c1cccc(CC(C)C)c1. The molecule has 1 aromatic carbocycles. The summed E-state index contributed by atoms with van der Waals surface area (Å²) >= 11 is 0. The zero-order valence-corrected chi connectivity index (χ0v) is 13.2. The Bertz CT molecular complexity index is 537.